The van der Waals surface area contributed by atoms with E-state index in [2.05, 4.69) is 5.32 Å². The zero-order valence-corrected chi connectivity index (χ0v) is 13.8. The van der Waals surface area contributed by atoms with Gasteiger partial charge < -0.3 is 20.7 Å². The summed E-state index contributed by atoms with van der Waals surface area (Å²) in [5, 5.41) is 3.23. The first kappa shape index (κ1) is 16.8. The molecule has 0 aliphatic carbocycles. The third-order valence-electron chi connectivity index (χ3n) is 3.55. The van der Waals surface area contributed by atoms with Crippen LogP contribution in [0.25, 0.3) is 0 Å². The van der Waals surface area contributed by atoms with E-state index in [0.29, 0.717) is 6.42 Å². The number of rotatable bonds is 4. The van der Waals surface area contributed by atoms with Crippen molar-refractivity contribution in [1.29, 1.82) is 0 Å². The van der Waals surface area contributed by atoms with Gasteiger partial charge in [-0.1, -0.05) is 12.1 Å². The van der Waals surface area contributed by atoms with E-state index in [0.717, 1.165) is 37.5 Å². The van der Waals surface area contributed by atoms with Gasteiger partial charge in [-0.2, -0.15) is 0 Å². The molecule has 1 heterocycles. The summed E-state index contributed by atoms with van der Waals surface area (Å²) in [6.07, 6.45) is 0.554. The van der Waals surface area contributed by atoms with Gasteiger partial charge in [0, 0.05) is 26.2 Å². The summed E-state index contributed by atoms with van der Waals surface area (Å²) in [6.45, 7) is 9.22. The average Bonchev–Trinajstić information content (AvgIpc) is 2.48. The molecule has 1 aliphatic rings. The highest BCUT2D eigenvalue weighted by molar-refractivity contribution is 5.82. The van der Waals surface area contributed by atoms with Crippen molar-refractivity contribution >= 4 is 5.91 Å². The lowest BCUT2D eigenvalue weighted by Gasteiger charge is -2.29. The van der Waals surface area contributed by atoms with Crippen molar-refractivity contribution in [3.63, 3.8) is 0 Å². The van der Waals surface area contributed by atoms with Gasteiger partial charge in [0.15, 0.2) is 0 Å². The standard InChI is InChI=1S/C17H27N3O2/c1-17(2,3)22-14-6-4-13(5-7-14)12-15(18)16(21)20-10-8-19-9-11-20/h4-7,15,19H,8-12,18H2,1-3H3/t15-/m0/s1. The smallest absolute Gasteiger partial charge is 0.239 e. The molecule has 1 fully saturated rings. The second-order valence-corrected chi connectivity index (χ2v) is 6.74. The highest BCUT2D eigenvalue weighted by Gasteiger charge is 2.22. The largest absolute Gasteiger partial charge is 0.488 e. The predicted molar refractivity (Wildman–Crippen MR) is 88.0 cm³/mol. The summed E-state index contributed by atoms with van der Waals surface area (Å²) in [7, 11) is 0. The molecule has 0 radical (unpaired) electrons. The van der Waals surface area contributed by atoms with E-state index >= 15 is 0 Å². The first-order valence-electron chi connectivity index (χ1n) is 7.88. The fourth-order valence-corrected chi connectivity index (χ4v) is 2.51. The van der Waals surface area contributed by atoms with Crippen LogP contribution in [0, 0.1) is 0 Å². The number of hydrogen-bond acceptors (Lipinski definition) is 4. The minimum atomic E-state index is -0.479. The average molecular weight is 305 g/mol. The van der Waals surface area contributed by atoms with Gasteiger partial charge in [-0.05, 0) is 44.9 Å². The van der Waals surface area contributed by atoms with Gasteiger partial charge in [-0.25, -0.2) is 0 Å². The molecular formula is C17H27N3O2. The van der Waals surface area contributed by atoms with Gasteiger partial charge in [0.25, 0.3) is 0 Å². The summed E-state index contributed by atoms with van der Waals surface area (Å²) >= 11 is 0. The van der Waals surface area contributed by atoms with Gasteiger partial charge in [0.1, 0.15) is 11.4 Å². The molecule has 3 N–H and O–H groups in total. The molecule has 5 heteroatoms. The van der Waals surface area contributed by atoms with Crippen LogP contribution in [0.1, 0.15) is 26.3 Å². The Hall–Kier alpha value is -1.59. The lowest BCUT2D eigenvalue weighted by Crippen LogP contribution is -2.52. The summed E-state index contributed by atoms with van der Waals surface area (Å²) < 4.78 is 5.79. The van der Waals surface area contributed by atoms with Crippen LogP contribution in [-0.2, 0) is 11.2 Å². The van der Waals surface area contributed by atoms with Crippen molar-refractivity contribution in [3.05, 3.63) is 29.8 Å². The van der Waals surface area contributed by atoms with Gasteiger partial charge in [-0.3, -0.25) is 4.79 Å². The Morgan fingerprint density at radius 1 is 1.27 bits per heavy atom. The quantitative estimate of drug-likeness (QED) is 0.876. The number of ether oxygens (including phenoxy) is 1. The monoisotopic (exact) mass is 305 g/mol. The van der Waals surface area contributed by atoms with Crippen LogP contribution >= 0.6 is 0 Å². The molecule has 1 aromatic rings. The number of benzene rings is 1. The summed E-state index contributed by atoms with van der Waals surface area (Å²) in [5.41, 5.74) is 6.92. The molecule has 0 bridgehead atoms. The van der Waals surface area contributed by atoms with E-state index in [1.807, 2.05) is 49.9 Å². The molecule has 1 amide bonds. The molecular weight excluding hydrogens is 278 g/mol. The molecule has 0 unspecified atom stereocenters. The van der Waals surface area contributed by atoms with Crippen LogP contribution in [0.5, 0.6) is 5.75 Å². The number of piperazine rings is 1. The van der Waals surface area contributed by atoms with Crippen LogP contribution in [0.2, 0.25) is 0 Å². The molecule has 1 aliphatic heterocycles. The molecule has 122 valence electrons. The van der Waals surface area contributed by atoms with Crippen molar-refractivity contribution in [2.45, 2.75) is 38.8 Å². The number of nitrogens with two attached hydrogens (primary N) is 1. The number of nitrogens with zero attached hydrogens (tertiary/aromatic N) is 1. The molecule has 5 nitrogen and oxygen atoms in total. The van der Waals surface area contributed by atoms with Crippen LogP contribution in [-0.4, -0.2) is 48.6 Å². The van der Waals surface area contributed by atoms with E-state index in [4.69, 9.17) is 10.5 Å². The molecule has 0 aromatic heterocycles. The Balaban J connectivity index is 1.90. The minimum absolute atomic E-state index is 0.0384. The fourth-order valence-electron chi connectivity index (χ4n) is 2.51. The molecule has 0 saturated carbocycles. The fraction of sp³-hybridized carbons (Fsp3) is 0.588. The van der Waals surface area contributed by atoms with Crippen LogP contribution in [0.3, 0.4) is 0 Å². The van der Waals surface area contributed by atoms with Gasteiger partial charge in [-0.15, -0.1) is 0 Å². The SMILES string of the molecule is CC(C)(C)Oc1ccc(C[C@H](N)C(=O)N2CCNCC2)cc1. The lowest BCUT2D eigenvalue weighted by molar-refractivity contribution is -0.133. The number of amides is 1. The van der Waals surface area contributed by atoms with Crippen molar-refractivity contribution in [2.24, 2.45) is 5.73 Å². The first-order chi connectivity index (χ1) is 10.3. The van der Waals surface area contributed by atoms with E-state index < -0.39 is 6.04 Å². The highest BCUT2D eigenvalue weighted by atomic mass is 16.5. The minimum Gasteiger partial charge on any atom is -0.488 e. The van der Waals surface area contributed by atoms with Crippen LogP contribution < -0.4 is 15.8 Å². The van der Waals surface area contributed by atoms with Crippen LogP contribution in [0.4, 0.5) is 0 Å². The number of hydrogen-bond donors (Lipinski definition) is 2. The Morgan fingerprint density at radius 3 is 2.41 bits per heavy atom. The topological polar surface area (TPSA) is 67.6 Å². The van der Waals surface area contributed by atoms with Crippen molar-refractivity contribution in [2.75, 3.05) is 26.2 Å². The van der Waals surface area contributed by atoms with E-state index in [1.54, 1.807) is 0 Å². The highest BCUT2D eigenvalue weighted by Crippen LogP contribution is 2.19. The first-order valence-corrected chi connectivity index (χ1v) is 7.88. The second kappa shape index (κ2) is 7.11. The third-order valence-corrected chi connectivity index (χ3v) is 3.55. The molecule has 22 heavy (non-hydrogen) atoms. The molecule has 1 aromatic carbocycles. The zero-order valence-electron chi connectivity index (χ0n) is 13.8. The summed E-state index contributed by atoms with van der Waals surface area (Å²) in [5.74, 6) is 0.870. The Bertz CT molecular complexity index is 488. The predicted octanol–water partition coefficient (Wildman–Crippen LogP) is 1.17. The van der Waals surface area contributed by atoms with E-state index in [1.165, 1.54) is 0 Å². The van der Waals surface area contributed by atoms with Gasteiger partial charge in [0.2, 0.25) is 5.91 Å². The van der Waals surface area contributed by atoms with Gasteiger partial charge in [0.05, 0.1) is 6.04 Å². The Labute approximate surface area is 132 Å². The maximum absolute atomic E-state index is 12.3. The normalized spacial score (nSPS) is 17.2. The summed E-state index contributed by atoms with van der Waals surface area (Å²) in [6, 6.07) is 7.34. The van der Waals surface area contributed by atoms with Crippen molar-refractivity contribution in [1.82, 2.24) is 10.2 Å². The van der Waals surface area contributed by atoms with E-state index in [-0.39, 0.29) is 11.5 Å². The Kier molecular flexibility index (Phi) is 5.42. The number of carbonyl (C=O) groups is 1. The third kappa shape index (κ3) is 5.00. The number of nitrogens with one attached hydrogen (secondary N) is 1. The molecule has 2 rings (SSSR count). The number of carbonyl (C=O) groups excluding carboxylic acids is 1. The molecule has 1 atom stereocenters. The lowest BCUT2D eigenvalue weighted by atomic mass is 10.0. The molecule has 0 spiro atoms. The van der Waals surface area contributed by atoms with E-state index in [9.17, 15) is 4.79 Å². The second-order valence-electron chi connectivity index (χ2n) is 6.74. The maximum Gasteiger partial charge on any atom is 0.239 e. The van der Waals surface area contributed by atoms with Crippen molar-refractivity contribution in [3.8, 4) is 5.75 Å². The molecule has 1 saturated heterocycles. The van der Waals surface area contributed by atoms with Crippen LogP contribution in [0.15, 0.2) is 24.3 Å². The summed E-state index contributed by atoms with van der Waals surface area (Å²) in [4.78, 5) is 14.2. The van der Waals surface area contributed by atoms with Gasteiger partial charge >= 0.3 is 0 Å². The maximum atomic E-state index is 12.3. The Morgan fingerprint density at radius 2 is 1.86 bits per heavy atom. The van der Waals surface area contributed by atoms with Crippen molar-refractivity contribution < 1.29 is 9.53 Å². The zero-order chi connectivity index (χ0) is 16.2.